The molecule has 1 saturated heterocycles. The van der Waals surface area contributed by atoms with Crippen molar-refractivity contribution in [2.45, 2.75) is 38.9 Å². The summed E-state index contributed by atoms with van der Waals surface area (Å²) >= 11 is 6.34. The fraction of sp³-hybridized carbons (Fsp3) is 0.417. The number of nitrogens with one attached hydrogen (secondary N) is 2. The summed E-state index contributed by atoms with van der Waals surface area (Å²) in [5.74, 6) is 1.89. The van der Waals surface area contributed by atoms with Crippen molar-refractivity contribution in [2.24, 2.45) is 0 Å². The normalized spacial score (nSPS) is 16.2. The van der Waals surface area contributed by atoms with E-state index in [2.05, 4.69) is 54.2 Å². The average molecular weight is 521 g/mol. The number of pyridine rings is 1. The summed E-state index contributed by atoms with van der Waals surface area (Å²) in [6.45, 7) is 6.83. The fourth-order valence-electron chi connectivity index (χ4n) is 3.93. The molecule has 0 radical (unpaired) electrons. The number of piperazine rings is 1. The molecule has 0 unspecified atom stereocenters. The average Bonchev–Trinajstić information content (AvgIpc) is 2.84. The van der Waals surface area contributed by atoms with Crippen molar-refractivity contribution in [3.8, 4) is 0 Å². The summed E-state index contributed by atoms with van der Waals surface area (Å²) in [5.41, 5.74) is -0.270. The molecule has 2 aromatic heterocycles. The lowest BCUT2D eigenvalue weighted by molar-refractivity contribution is -0.137. The number of unbranched alkanes of at least 4 members (excludes halogenated alkanes) is 1. The van der Waals surface area contributed by atoms with Crippen LogP contribution in [-0.2, 0) is 6.18 Å². The van der Waals surface area contributed by atoms with Crippen LogP contribution in [0.1, 0.15) is 32.3 Å². The zero-order valence-corrected chi connectivity index (χ0v) is 20.8. The van der Waals surface area contributed by atoms with Gasteiger partial charge in [0.05, 0.1) is 10.6 Å². The Morgan fingerprint density at radius 2 is 1.81 bits per heavy atom. The Labute approximate surface area is 212 Å². The van der Waals surface area contributed by atoms with E-state index in [1.54, 1.807) is 12.3 Å². The van der Waals surface area contributed by atoms with Gasteiger partial charge in [-0.05, 0) is 49.7 Å². The summed E-state index contributed by atoms with van der Waals surface area (Å²) in [4.78, 5) is 22.3. The number of nitrogens with zero attached hydrogens (tertiary/aromatic N) is 6. The Morgan fingerprint density at radius 1 is 1.06 bits per heavy atom. The SMILES string of the molecule is CCCCNc1nc(Nc2ccc(C(F)(F)F)cc2)nc(N2CCN(c3ncccc3Cl)C[C@H]2C)n1. The first-order valence-electron chi connectivity index (χ1n) is 11.8. The van der Waals surface area contributed by atoms with Crippen LogP contribution < -0.4 is 20.4 Å². The van der Waals surface area contributed by atoms with Crippen LogP contribution in [0.3, 0.4) is 0 Å². The van der Waals surface area contributed by atoms with E-state index in [4.69, 9.17) is 11.6 Å². The number of anilines is 5. The maximum absolute atomic E-state index is 12.9. The van der Waals surface area contributed by atoms with Gasteiger partial charge < -0.3 is 20.4 Å². The van der Waals surface area contributed by atoms with E-state index >= 15 is 0 Å². The summed E-state index contributed by atoms with van der Waals surface area (Å²) in [6.07, 6.45) is -0.718. The summed E-state index contributed by atoms with van der Waals surface area (Å²) in [6, 6.07) is 8.42. The molecule has 8 nitrogen and oxygen atoms in total. The molecule has 0 spiro atoms. The highest BCUT2D eigenvalue weighted by molar-refractivity contribution is 6.32. The molecule has 12 heteroatoms. The lowest BCUT2D eigenvalue weighted by Crippen LogP contribution is -2.53. The molecule has 192 valence electrons. The maximum atomic E-state index is 12.9. The molecule has 36 heavy (non-hydrogen) atoms. The molecule has 1 aliphatic rings. The Kier molecular flexibility index (Phi) is 7.97. The van der Waals surface area contributed by atoms with Crippen LogP contribution in [0.5, 0.6) is 0 Å². The Bertz CT molecular complexity index is 1160. The molecule has 1 aliphatic heterocycles. The highest BCUT2D eigenvalue weighted by Crippen LogP contribution is 2.31. The molecule has 2 N–H and O–H groups in total. The molecular formula is C24H28ClF3N8. The lowest BCUT2D eigenvalue weighted by atomic mass is 10.2. The highest BCUT2D eigenvalue weighted by Gasteiger charge is 2.30. The lowest BCUT2D eigenvalue weighted by Gasteiger charge is -2.40. The van der Waals surface area contributed by atoms with Crippen LogP contribution in [0.25, 0.3) is 0 Å². The van der Waals surface area contributed by atoms with E-state index in [1.165, 1.54) is 12.1 Å². The standard InChI is InChI=1S/C24H28ClF3N8/c1-3-4-11-30-21-32-22(31-18-9-7-17(8-10-18)24(26,27)28)34-23(33-21)36-14-13-35(15-16(36)2)20-19(25)6-5-12-29-20/h5-10,12,16H,3-4,11,13-15H2,1-2H3,(H2,30,31,32,33,34)/t16-/m1/s1. The predicted octanol–water partition coefficient (Wildman–Crippen LogP) is 5.61. The van der Waals surface area contributed by atoms with Crippen molar-refractivity contribution < 1.29 is 13.2 Å². The van der Waals surface area contributed by atoms with Gasteiger partial charge in [0.1, 0.15) is 5.82 Å². The molecule has 4 rings (SSSR count). The van der Waals surface area contributed by atoms with Gasteiger partial charge in [0.25, 0.3) is 0 Å². The van der Waals surface area contributed by atoms with Crippen LogP contribution in [0.15, 0.2) is 42.6 Å². The van der Waals surface area contributed by atoms with Crippen LogP contribution in [0.4, 0.5) is 42.5 Å². The van der Waals surface area contributed by atoms with E-state index in [9.17, 15) is 13.2 Å². The first kappa shape index (κ1) is 25.7. The van der Waals surface area contributed by atoms with Gasteiger partial charge in [-0.2, -0.15) is 28.1 Å². The monoisotopic (exact) mass is 520 g/mol. The fourth-order valence-corrected chi connectivity index (χ4v) is 4.17. The van der Waals surface area contributed by atoms with E-state index in [0.717, 1.165) is 30.8 Å². The van der Waals surface area contributed by atoms with Gasteiger partial charge in [-0.3, -0.25) is 0 Å². The zero-order valence-electron chi connectivity index (χ0n) is 20.1. The number of alkyl halides is 3. The van der Waals surface area contributed by atoms with E-state index in [1.807, 2.05) is 6.07 Å². The number of halogens is 4. The molecule has 0 saturated carbocycles. The quantitative estimate of drug-likeness (QED) is 0.371. The van der Waals surface area contributed by atoms with Gasteiger partial charge in [0.15, 0.2) is 0 Å². The van der Waals surface area contributed by atoms with Gasteiger partial charge in [-0.25, -0.2) is 4.98 Å². The van der Waals surface area contributed by atoms with Crippen molar-refractivity contribution in [1.82, 2.24) is 19.9 Å². The minimum absolute atomic E-state index is 0.0432. The first-order valence-corrected chi connectivity index (χ1v) is 12.2. The number of aromatic nitrogens is 4. The van der Waals surface area contributed by atoms with Crippen LogP contribution in [-0.4, -0.2) is 52.2 Å². The summed E-state index contributed by atoms with van der Waals surface area (Å²) < 4.78 is 38.8. The molecule has 0 bridgehead atoms. The summed E-state index contributed by atoms with van der Waals surface area (Å²) in [5, 5.41) is 6.84. The van der Waals surface area contributed by atoms with Crippen molar-refractivity contribution in [3.05, 3.63) is 53.2 Å². The van der Waals surface area contributed by atoms with Crippen molar-refractivity contribution in [3.63, 3.8) is 0 Å². The van der Waals surface area contributed by atoms with Gasteiger partial charge in [-0.1, -0.05) is 24.9 Å². The maximum Gasteiger partial charge on any atom is 0.416 e. The van der Waals surface area contributed by atoms with Crippen molar-refractivity contribution in [1.29, 1.82) is 0 Å². The molecule has 1 aromatic carbocycles. The molecule has 1 fully saturated rings. The third kappa shape index (κ3) is 6.26. The Balaban J connectivity index is 1.55. The van der Waals surface area contributed by atoms with Gasteiger partial charge in [-0.15, -0.1) is 0 Å². The first-order chi connectivity index (χ1) is 17.2. The smallest absolute Gasteiger partial charge is 0.354 e. The van der Waals surface area contributed by atoms with Gasteiger partial charge in [0, 0.05) is 44.1 Å². The zero-order chi connectivity index (χ0) is 25.7. The number of hydrogen-bond acceptors (Lipinski definition) is 8. The number of rotatable bonds is 8. The molecule has 0 amide bonds. The topological polar surface area (TPSA) is 82.1 Å². The molecule has 1 atom stereocenters. The van der Waals surface area contributed by atoms with Gasteiger partial charge in [0.2, 0.25) is 17.8 Å². The number of hydrogen-bond donors (Lipinski definition) is 2. The number of benzene rings is 1. The largest absolute Gasteiger partial charge is 0.416 e. The van der Waals surface area contributed by atoms with Crippen molar-refractivity contribution >= 4 is 41.0 Å². The molecule has 0 aliphatic carbocycles. The van der Waals surface area contributed by atoms with E-state index < -0.39 is 11.7 Å². The molecule has 3 aromatic rings. The van der Waals surface area contributed by atoms with Gasteiger partial charge >= 0.3 is 6.18 Å². The second-order valence-electron chi connectivity index (χ2n) is 8.56. The minimum atomic E-state index is -4.40. The third-order valence-corrected chi connectivity index (χ3v) is 6.12. The predicted molar refractivity (Wildman–Crippen MR) is 136 cm³/mol. The molecule has 3 heterocycles. The second-order valence-corrected chi connectivity index (χ2v) is 8.97. The van der Waals surface area contributed by atoms with E-state index in [-0.39, 0.29) is 12.0 Å². The molecular weight excluding hydrogens is 493 g/mol. The minimum Gasteiger partial charge on any atom is -0.354 e. The van der Waals surface area contributed by atoms with Crippen molar-refractivity contribution in [2.75, 3.05) is 46.6 Å². The Hall–Kier alpha value is -3.34. The highest BCUT2D eigenvalue weighted by atomic mass is 35.5. The van der Waals surface area contributed by atoms with E-state index in [0.29, 0.717) is 48.8 Å². The second kappa shape index (κ2) is 11.2. The third-order valence-electron chi connectivity index (χ3n) is 5.83. The van der Waals surface area contributed by atoms with Crippen LogP contribution >= 0.6 is 11.6 Å². The van der Waals surface area contributed by atoms with Crippen LogP contribution in [0.2, 0.25) is 5.02 Å². The van der Waals surface area contributed by atoms with Crippen LogP contribution in [0, 0.1) is 0 Å². The summed E-state index contributed by atoms with van der Waals surface area (Å²) in [7, 11) is 0. The Morgan fingerprint density at radius 3 is 2.47 bits per heavy atom.